The van der Waals surface area contributed by atoms with Crippen molar-refractivity contribution in [2.24, 2.45) is 0 Å². The molecule has 0 radical (unpaired) electrons. The van der Waals surface area contributed by atoms with Gasteiger partial charge in [0.25, 0.3) is 0 Å². The number of aliphatic hydroxyl groups excluding tert-OH is 1. The van der Waals surface area contributed by atoms with Gasteiger partial charge in [-0.15, -0.1) is 0 Å². The van der Waals surface area contributed by atoms with Crippen molar-refractivity contribution < 1.29 is 18.3 Å². The molecule has 26 heavy (non-hydrogen) atoms. The lowest BCUT2D eigenvalue weighted by molar-refractivity contribution is -0.137. The van der Waals surface area contributed by atoms with Crippen molar-refractivity contribution in [3.63, 3.8) is 0 Å². The van der Waals surface area contributed by atoms with Crippen LogP contribution < -0.4 is 4.90 Å². The summed E-state index contributed by atoms with van der Waals surface area (Å²) in [5.74, 6) is 0. The molecule has 0 spiro atoms. The van der Waals surface area contributed by atoms with E-state index in [2.05, 4.69) is 9.80 Å². The zero-order valence-electron chi connectivity index (χ0n) is 14.1. The SMILES string of the molecule is O[C@H](CN1CCN(c2cccc(Cl)c2)CC1)c1ccc(C(F)(F)F)cc1. The molecule has 3 nitrogen and oxygen atoms in total. The van der Waals surface area contributed by atoms with Crippen molar-refractivity contribution in [1.29, 1.82) is 0 Å². The van der Waals surface area contributed by atoms with Gasteiger partial charge in [-0.05, 0) is 35.9 Å². The van der Waals surface area contributed by atoms with Gasteiger partial charge in [0.1, 0.15) is 0 Å². The number of piperazine rings is 1. The van der Waals surface area contributed by atoms with Gasteiger partial charge in [0.2, 0.25) is 0 Å². The highest BCUT2D eigenvalue weighted by Gasteiger charge is 2.30. The third-order valence-electron chi connectivity index (χ3n) is 4.60. The number of nitrogens with zero attached hydrogens (tertiary/aromatic N) is 2. The Kier molecular flexibility index (Phi) is 5.75. The van der Waals surface area contributed by atoms with Crippen LogP contribution in [0.2, 0.25) is 5.02 Å². The van der Waals surface area contributed by atoms with E-state index in [-0.39, 0.29) is 0 Å². The summed E-state index contributed by atoms with van der Waals surface area (Å²) in [5, 5.41) is 11.0. The van der Waals surface area contributed by atoms with Gasteiger partial charge in [-0.1, -0.05) is 29.8 Å². The van der Waals surface area contributed by atoms with Crippen LogP contribution in [-0.2, 0) is 6.18 Å². The second-order valence-corrected chi connectivity index (χ2v) is 6.84. The Morgan fingerprint density at radius 2 is 1.65 bits per heavy atom. The van der Waals surface area contributed by atoms with E-state index in [0.717, 1.165) is 44.0 Å². The molecule has 1 aliphatic heterocycles. The Bertz CT molecular complexity index is 728. The Morgan fingerprint density at radius 1 is 1.00 bits per heavy atom. The molecule has 1 heterocycles. The number of alkyl halides is 3. The van der Waals surface area contributed by atoms with Crippen molar-refractivity contribution in [1.82, 2.24) is 4.90 Å². The lowest BCUT2D eigenvalue weighted by Gasteiger charge is -2.37. The van der Waals surface area contributed by atoms with Crippen LogP contribution in [0.5, 0.6) is 0 Å². The van der Waals surface area contributed by atoms with Gasteiger partial charge in [-0.3, -0.25) is 4.90 Å². The highest BCUT2D eigenvalue weighted by atomic mass is 35.5. The topological polar surface area (TPSA) is 26.7 Å². The Labute approximate surface area is 155 Å². The van der Waals surface area contributed by atoms with E-state index < -0.39 is 17.8 Å². The van der Waals surface area contributed by atoms with Crippen molar-refractivity contribution in [3.8, 4) is 0 Å². The molecular weight excluding hydrogens is 365 g/mol. The molecule has 0 unspecified atom stereocenters. The molecule has 0 saturated carbocycles. The van der Waals surface area contributed by atoms with Crippen LogP contribution in [0.25, 0.3) is 0 Å². The van der Waals surface area contributed by atoms with E-state index in [0.29, 0.717) is 17.1 Å². The monoisotopic (exact) mass is 384 g/mol. The number of β-amino-alcohol motifs (C(OH)–C–C–N with tert-alkyl or cyclic N) is 1. The van der Waals surface area contributed by atoms with Gasteiger partial charge in [-0.2, -0.15) is 13.2 Å². The fourth-order valence-corrected chi connectivity index (χ4v) is 3.29. The summed E-state index contributed by atoms with van der Waals surface area (Å²) >= 11 is 6.03. The first-order chi connectivity index (χ1) is 12.3. The minimum Gasteiger partial charge on any atom is -0.387 e. The summed E-state index contributed by atoms with van der Waals surface area (Å²) in [4.78, 5) is 4.34. The third-order valence-corrected chi connectivity index (χ3v) is 4.83. The molecule has 0 amide bonds. The minimum absolute atomic E-state index is 0.398. The molecule has 1 saturated heterocycles. The predicted molar refractivity (Wildman–Crippen MR) is 96.5 cm³/mol. The molecule has 2 aromatic rings. The van der Waals surface area contributed by atoms with Crippen molar-refractivity contribution in [3.05, 3.63) is 64.7 Å². The number of anilines is 1. The quantitative estimate of drug-likeness (QED) is 0.855. The normalized spacial score (nSPS) is 17.3. The standard InChI is InChI=1S/C19H20ClF3N2O/c20-16-2-1-3-17(12-16)25-10-8-24(9-11-25)13-18(26)14-4-6-15(7-5-14)19(21,22)23/h1-7,12,18,26H,8-11,13H2/t18-/m1/s1. The lowest BCUT2D eigenvalue weighted by atomic mass is 10.1. The lowest BCUT2D eigenvalue weighted by Crippen LogP contribution is -2.47. The number of hydrogen-bond donors (Lipinski definition) is 1. The average molecular weight is 385 g/mol. The van der Waals surface area contributed by atoms with E-state index in [1.54, 1.807) is 0 Å². The fraction of sp³-hybridized carbons (Fsp3) is 0.368. The molecule has 2 aromatic carbocycles. The van der Waals surface area contributed by atoms with Crippen molar-refractivity contribution in [2.75, 3.05) is 37.6 Å². The molecule has 0 bridgehead atoms. The number of hydrogen-bond acceptors (Lipinski definition) is 3. The number of rotatable bonds is 4. The molecule has 3 rings (SSSR count). The van der Waals surface area contributed by atoms with Gasteiger partial charge in [0, 0.05) is 43.4 Å². The summed E-state index contributed by atoms with van der Waals surface area (Å²) < 4.78 is 37.8. The van der Waals surface area contributed by atoms with Gasteiger partial charge >= 0.3 is 6.18 Å². The summed E-state index contributed by atoms with van der Waals surface area (Å²) in [5.41, 5.74) is 0.860. The molecule has 1 aliphatic rings. The molecule has 1 atom stereocenters. The summed E-state index contributed by atoms with van der Waals surface area (Å²) in [6.45, 7) is 3.54. The molecular formula is C19H20ClF3N2O. The maximum Gasteiger partial charge on any atom is 0.416 e. The van der Waals surface area contributed by atoms with Crippen LogP contribution in [0.3, 0.4) is 0 Å². The van der Waals surface area contributed by atoms with Gasteiger partial charge in [-0.25, -0.2) is 0 Å². The highest BCUT2D eigenvalue weighted by molar-refractivity contribution is 6.30. The van der Waals surface area contributed by atoms with Crippen molar-refractivity contribution in [2.45, 2.75) is 12.3 Å². The first-order valence-electron chi connectivity index (χ1n) is 8.41. The first-order valence-corrected chi connectivity index (χ1v) is 8.79. The molecule has 0 aliphatic carbocycles. The van der Waals surface area contributed by atoms with Gasteiger partial charge in [0.05, 0.1) is 11.7 Å². The van der Waals surface area contributed by atoms with Crippen LogP contribution >= 0.6 is 11.6 Å². The second kappa shape index (κ2) is 7.86. The van der Waals surface area contributed by atoms with Gasteiger partial charge < -0.3 is 10.0 Å². The van der Waals surface area contributed by atoms with E-state index in [4.69, 9.17) is 11.6 Å². The molecule has 1 N–H and O–H groups in total. The fourth-order valence-electron chi connectivity index (χ4n) is 3.11. The van der Waals surface area contributed by atoms with Crippen LogP contribution in [0.4, 0.5) is 18.9 Å². The van der Waals surface area contributed by atoms with Crippen LogP contribution in [0.1, 0.15) is 17.2 Å². The number of aliphatic hydroxyl groups is 1. The maximum absolute atomic E-state index is 12.6. The Morgan fingerprint density at radius 3 is 2.23 bits per heavy atom. The average Bonchev–Trinajstić information content (AvgIpc) is 2.62. The van der Waals surface area contributed by atoms with E-state index >= 15 is 0 Å². The van der Waals surface area contributed by atoms with Crippen LogP contribution in [-0.4, -0.2) is 42.7 Å². The zero-order valence-corrected chi connectivity index (χ0v) is 14.8. The van der Waals surface area contributed by atoms with Gasteiger partial charge in [0.15, 0.2) is 0 Å². The highest BCUT2D eigenvalue weighted by Crippen LogP contribution is 2.30. The maximum atomic E-state index is 12.6. The summed E-state index contributed by atoms with van der Waals surface area (Å²) in [6, 6.07) is 12.4. The molecule has 140 valence electrons. The van der Waals surface area contributed by atoms with E-state index in [1.165, 1.54) is 12.1 Å². The smallest absolute Gasteiger partial charge is 0.387 e. The molecule has 0 aromatic heterocycles. The number of benzene rings is 2. The minimum atomic E-state index is -4.36. The zero-order chi connectivity index (χ0) is 18.7. The largest absolute Gasteiger partial charge is 0.416 e. The number of halogens is 4. The van der Waals surface area contributed by atoms with Crippen molar-refractivity contribution >= 4 is 17.3 Å². The molecule has 7 heteroatoms. The summed E-state index contributed by atoms with van der Waals surface area (Å²) in [7, 11) is 0. The van der Waals surface area contributed by atoms with Crippen LogP contribution in [0.15, 0.2) is 48.5 Å². The Balaban J connectivity index is 1.54. The predicted octanol–water partition coefficient (Wildman–Crippen LogP) is 4.21. The Hall–Kier alpha value is -1.76. The second-order valence-electron chi connectivity index (χ2n) is 6.40. The van der Waals surface area contributed by atoms with E-state index in [9.17, 15) is 18.3 Å². The van der Waals surface area contributed by atoms with Crippen LogP contribution in [0, 0.1) is 0 Å². The summed E-state index contributed by atoms with van der Waals surface area (Å²) in [6.07, 6.45) is -5.17. The van der Waals surface area contributed by atoms with E-state index in [1.807, 2.05) is 24.3 Å². The first kappa shape index (κ1) is 19.0. The third kappa shape index (κ3) is 4.69. The molecule has 1 fully saturated rings.